The lowest BCUT2D eigenvalue weighted by molar-refractivity contribution is 0.0692. The normalized spacial score (nSPS) is 10.2. The van der Waals surface area contributed by atoms with Crippen molar-refractivity contribution in [3.8, 4) is 0 Å². The summed E-state index contributed by atoms with van der Waals surface area (Å²) in [6, 6.07) is 11.9. The summed E-state index contributed by atoms with van der Waals surface area (Å²) < 4.78 is 13.6. The van der Waals surface area contributed by atoms with Crippen LogP contribution < -0.4 is 10.2 Å². The van der Waals surface area contributed by atoms with E-state index in [1.165, 1.54) is 12.1 Å². The van der Waals surface area contributed by atoms with E-state index in [0.29, 0.717) is 12.1 Å². The molecule has 0 aliphatic heterocycles. The first-order valence-electron chi connectivity index (χ1n) is 6.51. The minimum atomic E-state index is -1.26. The fourth-order valence-corrected chi connectivity index (χ4v) is 2.05. The molecular weight excluding hydrogens is 271 g/mol. The molecule has 2 rings (SSSR count). The zero-order valence-corrected chi connectivity index (χ0v) is 11.9. The van der Waals surface area contributed by atoms with Gasteiger partial charge in [-0.1, -0.05) is 18.2 Å². The number of aromatic carboxylic acids is 1. The Bertz CT molecular complexity index is 656. The van der Waals surface area contributed by atoms with Gasteiger partial charge in [0.1, 0.15) is 5.82 Å². The molecule has 2 aromatic carbocycles. The summed E-state index contributed by atoms with van der Waals surface area (Å²) in [4.78, 5) is 12.8. The van der Waals surface area contributed by atoms with Crippen LogP contribution in [0.25, 0.3) is 0 Å². The van der Waals surface area contributed by atoms with E-state index in [4.69, 9.17) is 5.11 Å². The Balaban J connectivity index is 2.14. The Morgan fingerprint density at radius 1 is 1.24 bits per heavy atom. The van der Waals surface area contributed by atoms with Gasteiger partial charge in [0, 0.05) is 20.6 Å². The van der Waals surface area contributed by atoms with Gasteiger partial charge in [0.05, 0.1) is 16.9 Å². The maximum absolute atomic E-state index is 13.6. The second kappa shape index (κ2) is 6.26. The smallest absolute Gasteiger partial charge is 0.338 e. The SMILES string of the molecule is CN(C)c1ccccc1NCc1ccc(C(=O)O)c(F)c1. The first kappa shape index (κ1) is 14.8. The zero-order valence-electron chi connectivity index (χ0n) is 11.9. The third-order valence-corrected chi connectivity index (χ3v) is 3.13. The molecule has 0 spiro atoms. The number of anilines is 2. The number of rotatable bonds is 5. The average Bonchev–Trinajstić information content (AvgIpc) is 2.45. The molecule has 0 bridgehead atoms. The van der Waals surface area contributed by atoms with Crippen molar-refractivity contribution in [3.63, 3.8) is 0 Å². The molecule has 21 heavy (non-hydrogen) atoms. The highest BCUT2D eigenvalue weighted by Gasteiger charge is 2.10. The molecule has 0 heterocycles. The van der Waals surface area contributed by atoms with Crippen molar-refractivity contribution < 1.29 is 14.3 Å². The van der Waals surface area contributed by atoms with Crippen molar-refractivity contribution >= 4 is 17.3 Å². The summed E-state index contributed by atoms with van der Waals surface area (Å²) >= 11 is 0. The van der Waals surface area contributed by atoms with Crippen molar-refractivity contribution in [1.29, 1.82) is 0 Å². The molecule has 110 valence electrons. The Morgan fingerprint density at radius 3 is 2.57 bits per heavy atom. The van der Waals surface area contributed by atoms with Crippen molar-refractivity contribution in [3.05, 3.63) is 59.4 Å². The summed E-state index contributed by atoms with van der Waals surface area (Å²) in [5.74, 6) is -1.98. The van der Waals surface area contributed by atoms with Crippen LogP contribution in [0, 0.1) is 5.82 Å². The van der Waals surface area contributed by atoms with Crippen molar-refractivity contribution in [2.75, 3.05) is 24.3 Å². The lowest BCUT2D eigenvalue weighted by atomic mass is 10.1. The van der Waals surface area contributed by atoms with Gasteiger partial charge in [-0.15, -0.1) is 0 Å². The number of carbonyl (C=O) groups is 1. The lowest BCUT2D eigenvalue weighted by Gasteiger charge is -2.18. The fraction of sp³-hybridized carbons (Fsp3) is 0.188. The van der Waals surface area contributed by atoms with E-state index in [-0.39, 0.29) is 5.56 Å². The lowest BCUT2D eigenvalue weighted by Crippen LogP contribution is -2.12. The largest absolute Gasteiger partial charge is 0.478 e. The van der Waals surface area contributed by atoms with Crippen LogP contribution in [0.4, 0.5) is 15.8 Å². The predicted octanol–water partition coefficient (Wildman–Crippen LogP) is 3.20. The van der Waals surface area contributed by atoms with Gasteiger partial charge >= 0.3 is 5.97 Å². The first-order valence-corrected chi connectivity index (χ1v) is 6.51. The summed E-state index contributed by atoms with van der Waals surface area (Å²) in [6.07, 6.45) is 0. The van der Waals surface area contributed by atoms with Gasteiger partial charge in [-0.05, 0) is 29.8 Å². The summed E-state index contributed by atoms with van der Waals surface area (Å²) in [5.41, 5.74) is 2.34. The van der Waals surface area contributed by atoms with Gasteiger partial charge in [-0.2, -0.15) is 0 Å². The number of carboxylic acids is 1. The summed E-state index contributed by atoms with van der Waals surface area (Å²) in [5, 5.41) is 12.0. The van der Waals surface area contributed by atoms with Gasteiger partial charge in [-0.25, -0.2) is 9.18 Å². The van der Waals surface area contributed by atoms with Crippen molar-refractivity contribution in [2.24, 2.45) is 0 Å². The van der Waals surface area contributed by atoms with Gasteiger partial charge in [0.15, 0.2) is 0 Å². The van der Waals surface area contributed by atoms with Crippen LogP contribution in [0.2, 0.25) is 0 Å². The van der Waals surface area contributed by atoms with Crippen LogP contribution >= 0.6 is 0 Å². The van der Waals surface area contributed by atoms with E-state index in [1.54, 1.807) is 6.07 Å². The molecule has 2 N–H and O–H groups in total. The van der Waals surface area contributed by atoms with Crippen LogP contribution in [0.5, 0.6) is 0 Å². The minimum Gasteiger partial charge on any atom is -0.478 e. The second-order valence-electron chi connectivity index (χ2n) is 4.88. The molecule has 0 amide bonds. The minimum absolute atomic E-state index is 0.313. The quantitative estimate of drug-likeness (QED) is 0.887. The number of hydrogen-bond acceptors (Lipinski definition) is 3. The Kier molecular flexibility index (Phi) is 4.42. The maximum atomic E-state index is 13.6. The topological polar surface area (TPSA) is 52.6 Å². The Hall–Kier alpha value is -2.56. The highest BCUT2D eigenvalue weighted by Crippen LogP contribution is 2.24. The van der Waals surface area contributed by atoms with E-state index in [2.05, 4.69) is 5.32 Å². The monoisotopic (exact) mass is 288 g/mol. The molecule has 0 saturated heterocycles. The number of benzene rings is 2. The van der Waals surface area contributed by atoms with Crippen LogP contribution in [0.3, 0.4) is 0 Å². The number of nitrogens with zero attached hydrogens (tertiary/aromatic N) is 1. The molecular formula is C16H17FN2O2. The van der Waals surface area contributed by atoms with Crippen molar-refractivity contribution in [2.45, 2.75) is 6.54 Å². The molecule has 5 heteroatoms. The van der Waals surface area contributed by atoms with E-state index < -0.39 is 11.8 Å². The molecule has 0 radical (unpaired) electrons. The van der Waals surface area contributed by atoms with Crippen molar-refractivity contribution in [1.82, 2.24) is 0 Å². The molecule has 0 aromatic heterocycles. The molecule has 0 unspecified atom stereocenters. The maximum Gasteiger partial charge on any atom is 0.338 e. The Labute approximate surface area is 122 Å². The number of nitrogens with one attached hydrogen (secondary N) is 1. The zero-order chi connectivity index (χ0) is 15.4. The van der Waals surface area contributed by atoms with E-state index in [0.717, 1.165) is 11.4 Å². The van der Waals surface area contributed by atoms with Crippen LogP contribution in [-0.4, -0.2) is 25.2 Å². The van der Waals surface area contributed by atoms with Crippen LogP contribution in [0.15, 0.2) is 42.5 Å². The number of halogens is 1. The fourth-order valence-electron chi connectivity index (χ4n) is 2.05. The third kappa shape index (κ3) is 3.51. The number of carboxylic acid groups (broad SMARTS) is 1. The van der Waals surface area contributed by atoms with Crippen LogP contribution in [-0.2, 0) is 6.54 Å². The predicted molar refractivity (Wildman–Crippen MR) is 81.5 cm³/mol. The molecule has 4 nitrogen and oxygen atoms in total. The van der Waals surface area contributed by atoms with Gasteiger partial charge < -0.3 is 15.3 Å². The van der Waals surface area contributed by atoms with E-state index >= 15 is 0 Å². The van der Waals surface area contributed by atoms with E-state index in [1.807, 2.05) is 43.3 Å². The Morgan fingerprint density at radius 2 is 1.95 bits per heavy atom. The van der Waals surface area contributed by atoms with E-state index in [9.17, 15) is 9.18 Å². The standard InChI is InChI=1S/C16H17FN2O2/c1-19(2)15-6-4-3-5-14(15)18-10-11-7-8-12(16(20)21)13(17)9-11/h3-9,18H,10H2,1-2H3,(H,20,21). The first-order chi connectivity index (χ1) is 9.99. The molecule has 0 aliphatic rings. The number of para-hydroxylation sites is 2. The highest BCUT2D eigenvalue weighted by atomic mass is 19.1. The van der Waals surface area contributed by atoms with Gasteiger partial charge in [0.25, 0.3) is 0 Å². The molecule has 0 fully saturated rings. The van der Waals surface area contributed by atoms with Gasteiger partial charge in [0.2, 0.25) is 0 Å². The molecule has 0 aliphatic carbocycles. The molecule has 0 atom stereocenters. The molecule has 0 saturated carbocycles. The third-order valence-electron chi connectivity index (χ3n) is 3.13. The average molecular weight is 288 g/mol. The van der Waals surface area contributed by atoms with Gasteiger partial charge in [-0.3, -0.25) is 0 Å². The summed E-state index contributed by atoms with van der Waals surface area (Å²) in [6.45, 7) is 0.418. The van der Waals surface area contributed by atoms with Crippen LogP contribution in [0.1, 0.15) is 15.9 Å². The molecule has 2 aromatic rings. The second-order valence-corrected chi connectivity index (χ2v) is 4.88. The summed E-state index contributed by atoms with van der Waals surface area (Å²) in [7, 11) is 3.89. The number of hydrogen-bond donors (Lipinski definition) is 2. The highest BCUT2D eigenvalue weighted by molar-refractivity contribution is 5.87.